The minimum absolute atomic E-state index is 0.0923. The van der Waals surface area contributed by atoms with Gasteiger partial charge < -0.3 is 11.1 Å². The van der Waals surface area contributed by atoms with Crippen molar-refractivity contribution in [3.8, 4) is 0 Å². The van der Waals surface area contributed by atoms with E-state index in [1.54, 1.807) is 0 Å². The molecule has 0 aromatic carbocycles. The van der Waals surface area contributed by atoms with Crippen LogP contribution in [0.3, 0.4) is 0 Å². The maximum Gasteiger partial charge on any atom is 0.221 e. The van der Waals surface area contributed by atoms with E-state index >= 15 is 0 Å². The lowest BCUT2D eigenvalue weighted by atomic mass is 9.75. The maximum atomic E-state index is 11.1. The largest absolute Gasteiger partial charge is 0.356 e. The zero-order chi connectivity index (χ0) is 8.32. The molecule has 1 aliphatic rings. The molecule has 1 aliphatic carbocycles. The summed E-state index contributed by atoms with van der Waals surface area (Å²) in [6.45, 7) is 2.62. The molecule has 0 aromatic rings. The van der Waals surface area contributed by atoms with Crippen LogP contribution in [0.4, 0.5) is 0 Å². The first kappa shape index (κ1) is 8.53. The van der Waals surface area contributed by atoms with E-state index in [-0.39, 0.29) is 11.4 Å². The Bertz CT molecular complexity index is 152. The molecule has 0 radical (unpaired) electrons. The average Bonchev–Trinajstić information content (AvgIpc) is 1.85. The Hall–Kier alpha value is -0.570. The van der Waals surface area contributed by atoms with Crippen LogP contribution >= 0.6 is 0 Å². The summed E-state index contributed by atoms with van der Waals surface area (Å²) in [6, 6.07) is 0. The Labute approximate surface area is 67.3 Å². The predicted octanol–water partition coefficient (Wildman–Crippen LogP) is 0.394. The van der Waals surface area contributed by atoms with Crippen LogP contribution < -0.4 is 11.1 Å². The monoisotopic (exact) mass is 156 g/mol. The lowest BCUT2D eigenvalue weighted by Gasteiger charge is -2.37. The summed E-state index contributed by atoms with van der Waals surface area (Å²) < 4.78 is 0. The third-order valence-corrected chi connectivity index (χ3v) is 2.24. The van der Waals surface area contributed by atoms with E-state index in [0.717, 1.165) is 12.8 Å². The van der Waals surface area contributed by atoms with Gasteiger partial charge in [-0.2, -0.15) is 0 Å². The highest BCUT2D eigenvalue weighted by Gasteiger charge is 2.34. The molecule has 1 fully saturated rings. The lowest BCUT2D eigenvalue weighted by Crippen LogP contribution is -2.49. The second-order valence-corrected chi connectivity index (χ2v) is 3.35. The van der Waals surface area contributed by atoms with Crippen molar-refractivity contribution in [3.63, 3.8) is 0 Å². The SMILES string of the molecule is CCNC(=O)CC1(N)CCC1. The van der Waals surface area contributed by atoms with Crippen LogP contribution in [-0.4, -0.2) is 18.0 Å². The van der Waals surface area contributed by atoms with Crippen molar-refractivity contribution >= 4 is 5.91 Å². The lowest BCUT2D eigenvalue weighted by molar-refractivity contribution is -0.122. The summed E-state index contributed by atoms with van der Waals surface area (Å²) >= 11 is 0. The smallest absolute Gasteiger partial charge is 0.221 e. The first-order valence-electron chi connectivity index (χ1n) is 4.22. The minimum Gasteiger partial charge on any atom is -0.356 e. The van der Waals surface area contributed by atoms with Crippen molar-refractivity contribution in [2.24, 2.45) is 5.73 Å². The summed E-state index contributed by atoms with van der Waals surface area (Å²) in [5.41, 5.74) is 5.71. The normalized spacial score (nSPS) is 20.5. The molecule has 0 heterocycles. The Morgan fingerprint density at radius 3 is 2.64 bits per heavy atom. The van der Waals surface area contributed by atoms with Gasteiger partial charge in [-0.1, -0.05) is 0 Å². The van der Waals surface area contributed by atoms with Gasteiger partial charge in [0.25, 0.3) is 0 Å². The number of hydrogen-bond donors (Lipinski definition) is 2. The van der Waals surface area contributed by atoms with E-state index < -0.39 is 0 Å². The molecule has 3 heteroatoms. The molecule has 3 N–H and O–H groups in total. The van der Waals surface area contributed by atoms with Gasteiger partial charge >= 0.3 is 0 Å². The van der Waals surface area contributed by atoms with Crippen LogP contribution in [-0.2, 0) is 4.79 Å². The van der Waals surface area contributed by atoms with Gasteiger partial charge in [0.15, 0.2) is 0 Å². The van der Waals surface area contributed by atoms with Gasteiger partial charge in [0.05, 0.1) is 0 Å². The van der Waals surface area contributed by atoms with Gasteiger partial charge in [0.1, 0.15) is 0 Å². The first-order chi connectivity index (χ1) is 5.16. The second-order valence-electron chi connectivity index (χ2n) is 3.35. The minimum atomic E-state index is -0.167. The highest BCUT2D eigenvalue weighted by molar-refractivity contribution is 5.77. The van der Waals surface area contributed by atoms with Crippen molar-refractivity contribution in [1.29, 1.82) is 0 Å². The number of hydrogen-bond acceptors (Lipinski definition) is 2. The summed E-state index contributed by atoms with van der Waals surface area (Å²) in [7, 11) is 0. The molecule has 11 heavy (non-hydrogen) atoms. The van der Waals surface area contributed by atoms with E-state index in [9.17, 15) is 4.79 Å². The average molecular weight is 156 g/mol. The number of nitrogens with two attached hydrogens (primary N) is 1. The van der Waals surface area contributed by atoms with E-state index in [0.29, 0.717) is 13.0 Å². The first-order valence-corrected chi connectivity index (χ1v) is 4.22. The van der Waals surface area contributed by atoms with Gasteiger partial charge in [-0.3, -0.25) is 4.79 Å². The Balaban J connectivity index is 2.23. The molecule has 3 nitrogen and oxygen atoms in total. The van der Waals surface area contributed by atoms with Crippen LogP contribution in [0.5, 0.6) is 0 Å². The molecule has 0 atom stereocenters. The van der Waals surface area contributed by atoms with Gasteiger partial charge in [0, 0.05) is 18.5 Å². The number of carbonyl (C=O) groups excluding carboxylic acids is 1. The van der Waals surface area contributed by atoms with Crippen LogP contribution in [0.25, 0.3) is 0 Å². The van der Waals surface area contributed by atoms with Gasteiger partial charge in [-0.15, -0.1) is 0 Å². The maximum absolute atomic E-state index is 11.1. The van der Waals surface area contributed by atoms with Crippen molar-refractivity contribution in [2.45, 2.75) is 38.1 Å². The Morgan fingerprint density at radius 1 is 1.64 bits per heavy atom. The summed E-state index contributed by atoms with van der Waals surface area (Å²) in [5.74, 6) is 0.0923. The second kappa shape index (κ2) is 3.22. The van der Waals surface area contributed by atoms with Crippen LogP contribution in [0.2, 0.25) is 0 Å². The standard InChI is InChI=1S/C8H16N2O/c1-2-10-7(11)6-8(9)4-3-5-8/h2-6,9H2,1H3,(H,10,11). The van der Waals surface area contributed by atoms with Crippen molar-refractivity contribution < 1.29 is 4.79 Å². The predicted molar refractivity (Wildman–Crippen MR) is 44.1 cm³/mol. The van der Waals surface area contributed by atoms with Gasteiger partial charge in [0.2, 0.25) is 5.91 Å². The fourth-order valence-electron chi connectivity index (χ4n) is 1.39. The fraction of sp³-hybridized carbons (Fsp3) is 0.875. The van der Waals surface area contributed by atoms with Crippen LogP contribution in [0, 0.1) is 0 Å². The van der Waals surface area contributed by atoms with Crippen LogP contribution in [0.1, 0.15) is 32.6 Å². The zero-order valence-corrected chi connectivity index (χ0v) is 7.02. The summed E-state index contributed by atoms with van der Waals surface area (Å²) in [6.07, 6.45) is 3.69. The molecule has 0 spiro atoms. The number of carbonyl (C=O) groups is 1. The fourth-order valence-corrected chi connectivity index (χ4v) is 1.39. The summed E-state index contributed by atoms with van der Waals surface area (Å²) in [5, 5.41) is 2.75. The molecule has 0 saturated heterocycles. The quantitative estimate of drug-likeness (QED) is 0.621. The van der Waals surface area contributed by atoms with Gasteiger partial charge in [-0.05, 0) is 26.2 Å². The van der Waals surface area contributed by atoms with E-state index in [1.165, 1.54) is 6.42 Å². The molecule has 0 unspecified atom stereocenters. The molecular weight excluding hydrogens is 140 g/mol. The van der Waals surface area contributed by atoms with E-state index in [4.69, 9.17) is 5.73 Å². The molecule has 0 bridgehead atoms. The van der Waals surface area contributed by atoms with Gasteiger partial charge in [-0.25, -0.2) is 0 Å². The topological polar surface area (TPSA) is 55.1 Å². The van der Waals surface area contributed by atoms with Crippen LogP contribution in [0.15, 0.2) is 0 Å². The molecule has 0 aromatic heterocycles. The molecule has 1 saturated carbocycles. The molecular formula is C8H16N2O. The molecule has 0 aliphatic heterocycles. The number of amides is 1. The third kappa shape index (κ3) is 2.19. The Kier molecular flexibility index (Phi) is 2.49. The highest BCUT2D eigenvalue weighted by Crippen LogP contribution is 2.31. The number of rotatable bonds is 3. The third-order valence-electron chi connectivity index (χ3n) is 2.24. The summed E-state index contributed by atoms with van der Waals surface area (Å²) in [4.78, 5) is 11.1. The number of nitrogens with one attached hydrogen (secondary N) is 1. The highest BCUT2D eigenvalue weighted by atomic mass is 16.1. The molecule has 64 valence electrons. The van der Waals surface area contributed by atoms with Crippen molar-refractivity contribution in [1.82, 2.24) is 5.32 Å². The van der Waals surface area contributed by atoms with Crippen molar-refractivity contribution in [2.75, 3.05) is 6.54 Å². The van der Waals surface area contributed by atoms with Crippen molar-refractivity contribution in [3.05, 3.63) is 0 Å². The zero-order valence-electron chi connectivity index (χ0n) is 7.02. The Morgan fingerprint density at radius 2 is 2.27 bits per heavy atom. The molecule has 1 amide bonds. The van der Waals surface area contributed by atoms with E-state index in [2.05, 4.69) is 5.32 Å². The van der Waals surface area contributed by atoms with E-state index in [1.807, 2.05) is 6.92 Å². The molecule has 1 rings (SSSR count).